The van der Waals surface area contributed by atoms with Gasteiger partial charge in [-0.2, -0.15) is 0 Å². The van der Waals surface area contributed by atoms with Gasteiger partial charge in [-0.05, 0) is 82.8 Å². The second-order valence-corrected chi connectivity index (χ2v) is 12.7. The third-order valence-corrected chi connectivity index (χ3v) is 8.12. The molecule has 40 heavy (non-hydrogen) atoms. The monoisotopic (exact) mass is 576 g/mol. The van der Waals surface area contributed by atoms with Crippen molar-refractivity contribution in [3.8, 4) is 0 Å². The molecular formula is C30H35ClF2N2O5. The molecule has 2 heterocycles. The minimum atomic E-state index is -1.11. The van der Waals surface area contributed by atoms with Crippen molar-refractivity contribution >= 4 is 40.7 Å². The normalized spacial score (nSPS) is 20.6. The van der Waals surface area contributed by atoms with Gasteiger partial charge in [0.05, 0.1) is 10.6 Å². The Bertz CT molecular complexity index is 1350. The van der Waals surface area contributed by atoms with Crippen molar-refractivity contribution in [1.29, 1.82) is 0 Å². The number of nitrogens with one attached hydrogen (secondary N) is 1. The maximum Gasteiger partial charge on any atom is 0.306 e. The zero-order valence-corrected chi connectivity index (χ0v) is 24.1. The largest absolute Gasteiger partial charge is 0.460 e. The van der Waals surface area contributed by atoms with Crippen LogP contribution in [0.5, 0.6) is 0 Å². The zero-order valence-electron chi connectivity index (χ0n) is 23.3. The van der Waals surface area contributed by atoms with Crippen LogP contribution in [-0.2, 0) is 27.3 Å². The molecule has 0 spiro atoms. The fraction of sp³-hybridized carbons (Fsp3) is 0.533. The summed E-state index contributed by atoms with van der Waals surface area (Å²) in [7, 11) is 0. The van der Waals surface area contributed by atoms with Crippen LogP contribution in [0.15, 0.2) is 18.2 Å². The van der Waals surface area contributed by atoms with E-state index in [4.69, 9.17) is 16.3 Å². The lowest BCUT2D eigenvalue weighted by Crippen LogP contribution is -2.32. The molecule has 2 aliphatic rings. The third kappa shape index (κ3) is 6.62. The first-order chi connectivity index (χ1) is 18.7. The molecule has 1 N–H and O–H groups in total. The van der Waals surface area contributed by atoms with E-state index in [9.17, 15) is 28.0 Å². The van der Waals surface area contributed by atoms with E-state index in [1.165, 1.54) is 6.07 Å². The molecule has 1 fully saturated rings. The maximum absolute atomic E-state index is 13.6. The third-order valence-electron chi connectivity index (χ3n) is 7.75. The van der Waals surface area contributed by atoms with Crippen molar-refractivity contribution in [2.45, 2.75) is 91.2 Å². The average molecular weight is 577 g/mol. The number of aromatic nitrogens is 1. The summed E-state index contributed by atoms with van der Waals surface area (Å²) in [5.74, 6) is -4.19. The van der Waals surface area contributed by atoms with E-state index in [1.54, 1.807) is 4.57 Å². The molecule has 4 rings (SSSR count). The van der Waals surface area contributed by atoms with Crippen LogP contribution in [0.25, 0.3) is 0 Å². The molecule has 10 heteroatoms. The molecule has 1 aromatic heterocycles. The number of halogens is 3. The number of carbonyl (C=O) groups is 4. The van der Waals surface area contributed by atoms with E-state index < -0.39 is 40.1 Å². The van der Waals surface area contributed by atoms with Crippen LogP contribution < -0.4 is 5.32 Å². The van der Waals surface area contributed by atoms with Crippen LogP contribution in [0.2, 0.25) is 5.02 Å². The number of nitrogens with zero attached hydrogens (tertiary/aromatic N) is 1. The molecule has 1 aliphatic heterocycles. The maximum atomic E-state index is 13.6. The average Bonchev–Trinajstić information content (AvgIpc) is 3.40. The molecule has 0 saturated heterocycles. The van der Waals surface area contributed by atoms with Gasteiger partial charge in [0.2, 0.25) is 11.6 Å². The number of benzene rings is 1. The summed E-state index contributed by atoms with van der Waals surface area (Å²) in [5.41, 5.74) is -0.290. The molecule has 0 atom stereocenters. The summed E-state index contributed by atoms with van der Waals surface area (Å²) in [5, 5.41) is 2.40. The summed E-state index contributed by atoms with van der Waals surface area (Å²) in [6.45, 7) is 7.92. The van der Waals surface area contributed by atoms with Crippen LogP contribution in [0.1, 0.15) is 99.2 Å². The zero-order chi connectivity index (χ0) is 29.4. The number of Topliss-reactive ketones (excluding diaryl/α,β-unsaturated/α-hetero) is 2. The van der Waals surface area contributed by atoms with E-state index in [2.05, 4.69) is 5.32 Å². The Morgan fingerprint density at radius 1 is 1.12 bits per heavy atom. The number of amides is 1. The van der Waals surface area contributed by atoms with Gasteiger partial charge in [-0.15, -0.1) is 0 Å². The lowest BCUT2D eigenvalue weighted by molar-refractivity contribution is -0.156. The number of rotatable bonds is 8. The second-order valence-electron chi connectivity index (χ2n) is 12.3. The van der Waals surface area contributed by atoms with Gasteiger partial charge in [0.25, 0.3) is 5.91 Å². The highest BCUT2D eigenvalue weighted by Gasteiger charge is 2.39. The summed E-state index contributed by atoms with van der Waals surface area (Å²) < 4.78 is 34.0. The highest BCUT2D eigenvalue weighted by atomic mass is 35.5. The molecule has 0 bridgehead atoms. The van der Waals surface area contributed by atoms with Crippen LogP contribution >= 0.6 is 11.6 Å². The first-order valence-electron chi connectivity index (χ1n) is 13.6. The van der Waals surface area contributed by atoms with Crippen LogP contribution in [-0.4, -0.2) is 33.6 Å². The Hall–Kier alpha value is -3.07. The quantitative estimate of drug-likeness (QED) is 0.215. The van der Waals surface area contributed by atoms with Crippen molar-refractivity contribution in [2.24, 2.45) is 11.3 Å². The van der Waals surface area contributed by atoms with Gasteiger partial charge in [-0.25, -0.2) is 8.78 Å². The van der Waals surface area contributed by atoms with Crippen molar-refractivity contribution in [3.63, 3.8) is 0 Å². The van der Waals surface area contributed by atoms with Gasteiger partial charge >= 0.3 is 5.97 Å². The lowest BCUT2D eigenvalue weighted by atomic mass is 9.68. The SMILES string of the molecule is CC1(CC(=O)C(=O)c2c(Cl)c(C(=O)Nc3ccc(F)c(F)c3)c3n2CCC3)CCC(CC(=O)OC(C)(C)C)CC1. The van der Waals surface area contributed by atoms with Crippen LogP contribution in [0.3, 0.4) is 0 Å². The standard InChI is InChI=1S/C30H35ClF2N2O5/c1-29(2,3)40-23(37)14-17-9-11-30(4,12-10-17)16-22(36)27(38)26-25(31)24(21-6-5-13-35(21)26)28(39)34-18-7-8-19(32)20(33)15-18/h7-8,15,17H,5-6,9-14,16H2,1-4H3,(H,34,39). The van der Waals surface area contributed by atoms with Crippen molar-refractivity contribution < 1.29 is 32.7 Å². The molecule has 0 unspecified atom stereocenters. The minimum Gasteiger partial charge on any atom is -0.460 e. The molecule has 1 saturated carbocycles. The smallest absolute Gasteiger partial charge is 0.306 e. The van der Waals surface area contributed by atoms with Crippen molar-refractivity contribution in [3.05, 3.63) is 51.8 Å². The number of hydrogen-bond donors (Lipinski definition) is 1. The number of carbonyl (C=O) groups excluding carboxylic acids is 4. The summed E-state index contributed by atoms with van der Waals surface area (Å²) >= 11 is 6.56. The molecule has 1 aliphatic carbocycles. The Morgan fingerprint density at radius 2 is 1.80 bits per heavy atom. The van der Waals surface area contributed by atoms with Crippen LogP contribution in [0.4, 0.5) is 14.5 Å². The fourth-order valence-corrected chi connectivity index (χ4v) is 6.12. The summed E-state index contributed by atoms with van der Waals surface area (Å²) in [6, 6.07) is 2.98. The molecule has 2 aromatic rings. The van der Waals surface area contributed by atoms with Gasteiger partial charge in [0.1, 0.15) is 11.3 Å². The second kappa shape index (κ2) is 11.4. The van der Waals surface area contributed by atoms with E-state index in [-0.39, 0.29) is 40.3 Å². The van der Waals surface area contributed by atoms with Gasteiger partial charge in [-0.3, -0.25) is 19.2 Å². The Kier molecular flexibility index (Phi) is 8.54. The van der Waals surface area contributed by atoms with Crippen molar-refractivity contribution in [2.75, 3.05) is 5.32 Å². The number of hydrogen-bond acceptors (Lipinski definition) is 5. The Labute approximate surface area is 237 Å². The van der Waals surface area contributed by atoms with Gasteiger partial charge in [-0.1, -0.05) is 18.5 Å². The molecular weight excluding hydrogens is 542 g/mol. The van der Waals surface area contributed by atoms with E-state index in [1.807, 2.05) is 27.7 Å². The Morgan fingerprint density at radius 3 is 2.42 bits per heavy atom. The number of ketones is 2. The highest BCUT2D eigenvalue weighted by Crippen LogP contribution is 2.43. The molecule has 7 nitrogen and oxygen atoms in total. The molecule has 0 radical (unpaired) electrons. The van der Waals surface area contributed by atoms with Gasteiger partial charge in [0, 0.05) is 36.8 Å². The first kappa shape index (κ1) is 29.9. The van der Waals surface area contributed by atoms with Gasteiger partial charge < -0.3 is 14.6 Å². The highest BCUT2D eigenvalue weighted by molar-refractivity contribution is 6.48. The molecule has 1 aromatic carbocycles. The predicted molar refractivity (Wildman–Crippen MR) is 147 cm³/mol. The van der Waals surface area contributed by atoms with Crippen LogP contribution in [0, 0.1) is 23.0 Å². The Balaban J connectivity index is 1.44. The lowest BCUT2D eigenvalue weighted by Gasteiger charge is -2.36. The minimum absolute atomic E-state index is 0.00295. The number of fused-ring (bicyclic) bond motifs is 1. The number of ether oxygens (including phenoxy) is 1. The van der Waals surface area contributed by atoms with E-state index in [0.29, 0.717) is 44.3 Å². The topological polar surface area (TPSA) is 94.5 Å². The van der Waals surface area contributed by atoms with Crippen molar-refractivity contribution in [1.82, 2.24) is 4.57 Å². The molecule has 1 amide bonds. The van der Waals surface area contributed by atoms with Gasteiger partial charge in [0.15, 0.2) is 11.6 Å². The summed E-state index contributed by atoms with van der Waals surface area (Å²) in [6.07, 6.45) is 4.43. The van der Waals surface area contributed by atoms with E-state index in [0.717, 1.165) is 25.0 Å². The predicted octanol–water partition coefficient (Wildman–Crippen LogP) is 6.69. The summed E-state index contributed by atoms with van der Waals surface area (Å²) in [4.78, 5) is 52.0. The first-order valence-corrected chi connectivity index (χ1v) is 14.0. The number of anilines is 1. The molecule has 216 valence electrons. The van der Waals surface area contributed by atoms with E-state index >= 15 is 0 Å². The number of esters is 1. The fourth-order valence-electron chi connectivity index (χ4n) is 5.74.